The lowest BCUT2D eigenvalue weighted by molar-refractivity contribution is -0.0460. The van der Waals surface area contributed by atoms with Crippen molar-refractivity contribution in [3.05, 3.63) is 12.8 Å². The van der Waals surface area contributed by atoms with Gasteiger partial charge in [-0.1, -0.05) is 25.8 Å². The van der Waals surface area contributed by atoms with Crippen LogP contribution in [-0.4, -0.2) is 55.9 Å². The number of epoxide rings is 2. The second-order valence-corrected chi connectivity index (χ2v) is 5.71. The van der Waals surface area contributed by atoms with E-state index in [1.54, 1.807) is 0 Å². The van der Waals surface area contributed by atoms with E-state index in [4.69, 9.17) is 18.9 Å². The molecule has 0 amide bonds. The molecule has 1 saturated carbocycles. The number of hydrogen-bond acceptors (Lipinski definition) is 5. The van der Waals surface area contributed by atoms with E-state index in [0.717, 1.165) is 52.1 Å². The summed E-state index contributed by atoms with van der Waals surface area (Å²) in [5.74, 6) is 0. The highest BCUT2D eigenvalue weighted by atomic mass is 16.6. The highest BCUT2D eigenvalue weighted by molar-refractivity contribution is 4.82. The minimum Gasteiger partial charge on any atom is -0.499 e. The third-order valence-corrected chi connectivity index (χ3v) is 3.67. The van der Waals surface area contributed by atoms with Crippen molar-refractivity contribution in [3.8, 4) is 0 Å². The molecule has 0 bridgehead atoms. The van der Waals surface area contributed by atoms with Gasteiger partial charge in [0, 0.05) is 0 Å². The fourth-order valence-corrected chi connectivity index (χ4v) is 2.23. The molecule has 2 aliphatic heterocycles. The number of aliphatic hydroxyl groups is 1. The van der Waals surface area contributed by atoms with Crippen molar-refractivity contribution in [1.82, 2.24) is 0 Å². The van der Waals surface area contributed by atoms with Crippen LogP contribution >= 0.6 is 0 Å². The maximum atomic E-state index is 9.83. The molecule has 5 heteroatoms. The van der Waals surface area contributed by atoms with Crippen molar-refractivity contribution in [2.24, 2.45) is 0 Å². The molecule has 3 rings (SSSR count). The second-order valence-electron chi connectivity index (χ2n) is 5.71. The number of rotatable bonds is 7. The van der Waals surface area contributed by atoms with Crippen molar-refractivity contribution in [1.29, 1.82) is 0 Å². The molecule has 1 N–H and O–H groups in total. The standard InChI is InChI=1S/C9H16O2.C6H10O3/c1-2-11-8-9(10)6-4-3-5-7-9;1(5-3-8-5)7-2-6-4-9-6/h2,10H,1,3-8H2;5-6H,1-4H2. The zero-order valence-electron chi connectivity index (χ0n) is 12.1. The Hall–Kier alpha value is -0.620. The van der Waals surface area contributed by atoms with E-state index in [1.807, 2.05) is 0 Å². The minimum absolute atomic E-state index is 0.392. The fraction of sp³-hybridized carbons (Fsp3) is 0.867. The van der Waals surface area contributed by atoms with Gasteiger partial charge in [0.05, 0.1) is 38.3 Å². The van der Waals surface area contributed by atoms with Gasteiger partial charge in [0.2, 0.25) is 0 Å². The lowest BCUT2D eigenvalue weighted by atomic mass is 9.86. The summed E-state index contributed by atoms with van der Waals surface area (Å²) < 4.78 is 20.1. The van der Waals surface area contributed by atoms with Gasteiger partial charge in [-0.15, -0.1) is 0 Å². The minimum atomic E-state index is -0.563. The lowest BCUT2D eigenvalue weighted by Crippen LogP contribution is -2.35. The Labute approximate surface area is 120 Å². The van der Waals surface area contributed by atoms with Crippen LogP contribution in [0.1, 0.15) is 32.1 Å². The lowest BCUT2D eigenvalue weighted by Gasteiger charge is -2.30. The molecule has 0 aromatic rings. The van der Waals surface area contributed by atoms with E-state index in [2.05, 4.69) is 6.58 Å². The molecule has 2 saturated heterocycles. The van der Waals surface area contributed by atoms with Gasteiger partial charge in [-0.25, -0.2) is 0 Å². The SMILES string of the molecule is C(OCC1CO1)C1CO1.C=COCC1(O)CCCCC1. The predicted octanol–water partition coefficient (Wildman–Crippen LogP) is 1.64. The molecular weight excluding hydrogens is 260 g/mol. The predicted molar refractivity (Wildman–Crippen MR) is 74.5 cm³/mol. The zero-order chi connectivity index (χ0) is 14.3. The van der Waals surface area contributed by atoms with Crippen molar-refractivity contribution in [2.45, 2.75) is 49.9 Å². The molecule has 116 valence electrons. The van der Waals surface area contributed by atoms with Crippen molar-refractivity contribution >= 4 is 0 Å². The van der Waals surface area contributed by atoms with Crippen LogP contribution < -0.4 is 0 Å². The Morgan fingerprint density at radius 2 is 1.65 bits per heavy atom. The van der Waals surface area contributed by atoms with Crippen molar-refractivity contribution < 1.29 is 24.1 Å². The summed E-state index contributed by atoms with van der Waals surface area (Å²) in [5, 5.41) is 9.83. The molecule has 20 heavy (non-hydrogen) atoms. The van der Waals surface area contributed by atoms with E-state index in [9.17, 15) is 5.11 Å². The van der Waals surface area contributed by atoms with Crippen molar-refractivity contribution in [2.75, 3.05) is 33.0 Å². The van der Waals surface area contributed by atoms with Crippen LogP contribution in [0.5, 0.6) is 0 Å². The largest absolute Gasteiger partial charge is 0.499 e. The summed E-state index contributed by atoms with van der Waals surface area (Å²) >= 11 is 0. The fourth-order valence-electron chi connectivity index (χ4n) is 2.23. The Balaban J connectivity index is 0.000000149. The first-order valence-corrected chi connectivity index (χ1v) is 7.48. The van der Waals surface area contributed by atoms with Crippen LogP contribution in [0.15, 0.2) is 12.8 Å². The van der Waals surface area contributed by atoms with E-state index in [0.29, 0.717) is 18.8 Å². The summed E-state index contributed by atoms with van der Waals surface area (Å²) in [6.45, 7) is 7.12. The summed E-state index contributed by atoms with van der Waals surface area (Å²) in [7, 11) is 0. The monoisotopic (exact) mass is 286 g/mol. The van der Waals surface area contributed by atoms with Gasteiger partial charge in [0.1, 0.15) is 18.8 Å². The third kappa shape index (κ3) is 6.70. The topological polar surface area (TPSA) is 63.8 Å². The maximum absolute atomic E-state index is 9.83. The van der Waals surface area contributed by atoms with Gasteiger partial charge < -0.3 is 24.1 Å². The van der Waals surface area contributed by atoms with Gasteiger partial charge in [0.15, 0.2) is 0 Å². The van der Waals surface area contributed by atoms with Gasteiger partial charge in [-0.05, 0) is 12.8 Å². The smallest absolute Gasteiger partial charge is 0.116 e. The van der Waals surface area contributed by atoms with Gasteiger partial charge in [0.25, 0.3) is 0 Å². The van der Waals surface area contributed by atoms with Gasteiger partial charge in [-0.3, -0.25) is 0 Å². The van der Waals surface area contributed by atoms with Crippen molar-refractivity contribution in [3.63, 3.8) is 0 Å². The quantitative estimate of drug-likeness (QED) is 0.569. The molecule has 0 aromatic carbocycles. The van der Waals surface area contributed by atoms with Gasteiger partial charge >= 0.3 is 0 Å². The summed E-state index contributed by atoms with van der Waals surface area (Å²) in [6.07, 6.45) is 7.42. The molecular formula is C15H26O5. The number of hydrogen-bond donors (Lipinski definition) is 1. The van der Waals surface area contributed by atoms with E-state index >= 15 is 0 Å². The van der Waals surface area contributed by atoms with Crippen LogP contribution in [0.4, 0.5) is 0 Å². The molecule has 3 fully saturated rings. The third-order valence-electron chi connectivity index (χ3n) is 3.67. The van der Waals surface area contributed by atoms with E-state index in [1.165, 1.54) is 12.7 Å². The molecule has 2 heterocycles. The first-order valence-electron chi connectivity index (χ1n) is 7.48. The average molecular weight is 286 g/mol. The molecule has 2 unspecified atom stereocenters. The molecule has 2 atom stereocenters. The summed E-state index contributed by atoms with van der Waals surface area (Å²) in [4.78, 5) is 0. The Bertz CT molecular complexity index is 268. The first-order chi connectivity index (χ1) is 9.72. The molecule has 0 aromatic heterocycles. The van der Waals surface area contributed by atoms with Crippen LogP contribution in [0.25, 0.3) is 0 Å². The molecule has 0 spiro atoms. The average Bonchev–Trinajstić information content (AvgIpc) is 3.33. The first kappa shape index (κ1) is 15.8. The van der Waals surface area contributed by atoms with Crippen LogP contribution in [0.3, 0.4) is 0 Å². The van der Waals surface area contributed by atoms with E-state index in [-0.39, 0.29) is 0 Å². The van der Waals surface area contributed by atoms with Gasteiger partial charge in [-0.2, -0.15) is 0 Å². The molecule has 3 aliphatic rings. The van der Waals surface area contributed by atoms with Crippen LogP contribution in [0, 0.1) is 0 Å². The highest BCUT2D eigenvalue weighted by Crippen LogP contribution is 2.28. The Morgan fingerprint density at radius 3 is 2.10 bits per heavy atom. The Kier molecular flexibility index (Phi) is 6.29. The zero-order valence-corrected chi connectivity index (χ0v) is 12.1. The maximum Gasteiger partial charge on any atom is 0.116 e. The summed E-state index contributed by atoms with van der Waals surface area (Å²) in [6, 6.07) is 0. The van der Waals surface area contributed by atoms with Crippen LogP contribution in [0.2, 0.25) is 0 Å². The summed E-state index contributed by atoms with van der Waals surface area (Å²) in [5.41, 5.74) is -0.563. The van der Waals surface area contributed by atoms with E-state index < -0.39 is 5.60 Å². The molecule has 1 aliphatic carbocycles. The van der Waals surface area contributed by atoms with Crippen LogP contribution in [-0.2, 0) is 18.9 Å². The number of ether oxygens (including phenoxy) is 4. The Morgan fingerprint density at radius 1 is 1.10 bits per heavy atom. The molecule has 5 nitrogen and oxygen atoms in total. The second kappa shape index (κ2) is 7.98. The normalized spacial score (nSPS) is 29.9. The molecule has 0 radical (unpaired) electrons. The highest BCUT2D eigenvalue weighted by Gasteiger charge is 2.29.